The fourth-order valence-electron chi connectivity index (χ4n) is 0.526. The summed E-state index contributed by atoms with van der Waals surface area (Å²) in [4.78, 5) is 29.6. The van der Waals surface area contributed by atoms with Crippen molar-refractivity contribution in [3.05, 3.63) is 50.6 Å². The summed E-state index contributed by atoms with van der Waals surface area (Å²) >= 11 is 0. The SMILES string of the molecule is C=CC#N.C=CC(=O)NCO.C=CC(=O)O.C=CC(=O)OCCCC. The predicted octanol–water partition coefficient (Wildman–Crippen LogP) is 1.71. The molecule has 0 fully saturated rings. The Labute approximate surface area is 148 Å². The zero-order valence-electron chi connectivity index (χ0n) is 14.4. The molecule has 0 atom stereocenters. The number of aliphatic hydroxyl groups is 1. The highest BCUT2D eigenvalue weighted by molar-refractivity contribution is 5.86. The van der Waals surface area contributed by atoms with E-state index in [1.165, 1.54) is 12.2 Å². The van der Waals surface area contributed by atoms with E-state index in [4.69, 9.17) is 15.5 Å². The van der Waals surface area contributed by atoms with Crippen LogP contribution in [-0.4, -0.2) is 41.4 Å². The number of nitrogens with one attached hydrogen (secondary N) is 1. The molecule has 0 aromatic heterocycles. The zero-order chi connectivity index (χ0) is 20.5. The van der Waals surface area contributed by atoms with Crippen LogP contribution in [0.25, 0.3) is 0 Å². The Morgan fingerprint density at radius 3 is 1.84 bits per heavy atom. The molecule has 0 rings (SSSR count). The molecule has 0 aromatic rings. The molecule has 0 bridgehead atoms. The van der Waals surface area contributed by atoms with Crippen LogP contribution in [0.1, 0.15) is 19.8 Å². The number of unbranched alkanes of at least 4 members (excludes halogenated alkanes) is 1. The summed E-state index contributed by atoms with van der Waals surface area (Å²) in [5, 5.41) is 25.2. The Bertz CT molecular complexity index is 453. The molecule has 0 aliphatic carbocycles. The van der Waals surface area contributed by atoms with Crippen LogP contribution in [0.2, 0.25) is 0 Å². The van der Waals surface area contributed by atoms with Crippen molar-refractivity contribution in [3.63, 3.8) is 0 Å². The Morgan fingerprint density at radius 1 is 1.16 bits per heavy atom. The van der Waals surface area contributed by atoms with Crippen molar-refractivity contribution in [2.24, 2.45) is 0 Å². The molecule has 0 unspecified atom stereocenters. The van der Waals surface area contributed by atoms with Crippen molar-refractivity contribution in [1.29, 1.82) is 5.26 Å². The molecular weight excluding hydrogens is 328 g/mol. The Kier molecular flexibility index (Phi) is 34.4. The summed E-state index contributed by atoms with van der Waals surface area (Å²) in [7, 11) is 0. The van der Waals surface area contributed by atoms with Crippen LogP contribution in [0.15, 0.2) is 50.6 Å². The van der Waals surface area contributed by atoms with Crippen LogP contribution in [-0.2, 0) is 19.1 Å². The van der Waals surface area contributed by atoms with Gasteiger partial charge in [0.05, 0.1) is 12.7 Å². The van der Waals surface area contributed by atoms with Crippen molar-refractivity contribution in [3.8, 4) is 6.07 Å². The van der Waals surface area contributed by atoms with E-state index in [9.17, 15) is 14.4 Å². The second-order valence-electron chi connectivity index (χ2n) is 3.50. The summed E-state index contributed by atoms with van der Waals surface area (Å²) < 4.78 is 4.67. The maximum absolute atomic E-state index is 10.3. The largest absolute Gasteiger partial charge is 0.478 e. The van der Waals surface area contributed by atoms with Gasteiger partial charge in [-0.25, -0.2) is 9.59 Å². The first-order valence-electron chi connectivity index (χ1n) is 6.97. The van der Waals surface area contributed by atoms with Gasteiger partial charge in [0.15, 0.2) is 0 Å². The number of carboxylic acids is 1. The number of carbonyl (C=O) groups excluding carboxylic acids is 2. The van der Waals surface area contributed by atoms with Crippen molar-refractivity contribution < 1.29 is 29.3 Å². The lowest BCUT2D eigenvalue weighted by Crippen LogP contribution is -2.20. The maximum atomic E-state index is 10.3. The quantitative estimate of drug-likeness (QED) is 0.208. The van der Waals surface area contributed by atoms with Gasteiger partial charge in [0.2, 0.25) is 5.91 Å². The van der Waals surface area contributed by atoms with Crippen LogP contribution in [0.4, 0.5) is 0 Å². The summed E-state index contributed by atoms with van der Waals surface area (Å²) in [5.74, 6) is -1.67. The van der Waals surface area contributed by atoms with Gasteiger partial charge in [0.25, 0.3) is 0 Å². The molecule has 0 saturated carbocycles. The van der Waals surface area contributed by atoms with E-state index in [2.05, 4.69) is 36.4 Å². The highest BCUT2D eigenvalue weighted by atomic mass is 16.5. The highest BCUT2D eigenvalue weighted by Gasteiger charge is 1.91. The zero-order valence-corrected chi connectivity index (χ0v) is 14.4. The minimum Gasteiger partial charge on any atom is -0.478 e. The molecule has 8 nitrogen and oxygen atoms in total. The molecule has 8 heteroatoms. The topological polar surface area (TPSA) is 137 Å². The lowest BCUT2D eigenvalue weighted by molar-refractivity contribution is -0.138. The molecule has 3 N–H and O–H groups in total. The summed E-state index contributed by atoms with van der Waals surface area (Å²) in [5.41, 5.74) is 0. The molecule has 0 aliphatic heterocycles. The standard InChI is InChI=1S/C7H12O2.C4H7NO2.C3H3N.C3H4O2/c1-3-5-6-9-7(8)4-2;1-2-4(7)5-3-6;1-2-3-4;1-2-3(4)5/h4H,2-3,5-6H2,1H3;2,6H,1,3H2,(H,5,7);2H,1H2;2H,1H2,(H,4,5). The molecule has 0 radical (unpaired) electrons. The molecule has 25 heavy (non-hydrogen) atoms. The first-order chi connectivity index (χ1) is 11.8. The molecule has 0 spiro atoms. The summed E-state index contributed by atoms with van der Waals surface area (Å²) in [6, 6.07) is 1.69. The highest BCUT2D eigenvalue weighted by Crippen LogP contribution is 1.88. The van der Waals surface area contributed by atoms with Crippen molar-refractivity contribution >= 4 is 17.8 Å². The van der Waals surface area contributed by atoms with E-state index in [-0.39, 0.29) is 18.6 Å². The number of esters is 1. The monoisotopic (exact) mass is 354 g/mol. The molecule has 0 aromatic carbocycles. The third kappa shape index (κ3) is 52.8. The van der Waals surface area contributed by atoms with Gasteiger partial charge in [-0.3, -0.25) is 4.79 Å². The van der Waals surface area contributed by atoms with E-state index >= 15 is 0 Å². The van der Waals surface area contributed by atoms with Gasteiger partial charge in [-0.1, -0.05) is 39.7 Å². The van der Waals surface area contributed by atoms with E-state index in [1.807, 2.05) is 6.92 Å². The Balaban J connectivity index is -0.000000123. The minimum absolute atomic E-state index is 0.329. The number of aliphatic carboxylic acids is 1. The molecule has 0 saturated heterocycles. The first kappa shape index (κ1) is 29.8. The van der Waals surface area contributed by atoms with Gasteiger partial charge >= 0.3 is 11.9 Å². The minimum atomic E-state index is -0.981. The van der Waals surface area contributed by atoms with E-state index in [1.54, 1.807) is 6.07 Å². The van der Waals surface area contributed by atoms with E-state index in [0.29, 0.717) is 6.61 Å². The predicted molar refractivity (Wildman–Crippen MR) is 95.1 cm³/mol. The number of ether oxygens (including phenoxy) is 1. The van der Waals surface area contributed by atoms with Crippen molar-refractivity contribution in [2.45, 2.75) is 19.8 Å². The van der Waals surface area contributed by atoms with Crippen LogP contribution >= 0.6 is 0 Å². The average molecular weight is 354 g/mol. The van der Waals surface area contributed by atoms with Crippen molar-refractivity contribution in [1.82, 2.24) is 5.32 Å². The molecule has 1 amide bonds. The van der Waals surface area contributed by atoms with Crippen LogP contribution in [0.3, 0.4) is 0 Å². The lowest BCUT2D eigenvalue weighted by atomic mass is 10.4. The van der Waals surface area contributed by atoms with Gasteiger partial charge in [0.1, 0.15) is 6.73 Å². The third-order valence-electron chi connectivity index (χ3n) is 1.61. The number of carboxylic acid groups (broad SMARTS) is 1. The van der Waals surface area contributed by atoms with Crippen LogP contribution in [0.5, 0.6) is 0 Å². The second-order valence-corrected chi connectivity index (χ2v) is 3.50. The first-order valence-corrected chi connectivity index (χ1v) is 6.97. The van der Waals surface area contributed by atoms with Crippen molar-refractivity contribution in [2.75, 3.05) is 13.3 Å². The van der Waals surface area contributed by atoms with Gasteiger partial charge in [-0.05, 0) is 12.5 Å². The number of allylic oxidation sites excluding steroid dienone is 1. The molecule has 0 heterocycles. The van der Waals surface area contributed by atoms with Gasteiger partial charge in [-0.15, -0.1) is 0 Å². The smallest absolute Gasteiger partial charge is 0.330 e. The fourth-order valence-corrected chi connectivity index (χ4v) is 0.526. The van der Waals surface area contributed by atoms with Gasteiger partial charge < -0.3 is 20.3 Å². The van der Waals surface area contributed by atoms with Gasteiger partial charge in [-0.2, -0.15) is 5.26 Å². The number of carbonyl (C=O) groups is 3. The Morgan fingerprint density at radius 2 is 1.64 bits per heavy atom. The average Bonchev–Trinajstić information content (AvgIpc) is 2.63. The number of nitrogens with zero attached hydrogens (tertiary/aromatic N) is 1. The van der Waals surface area contributed by atoms with Gasteiger partial charge in [0, 0.05) is 18.2 Å². The number of rotatable bonds is 7. The number of hydrogen-bond donors (Lipinski definition) is 3. The maximum Gasteiger partial charge on any atom is 0.330 e. The Hall–Kier alpha value is -3.18. The molecule has 0 aliphatic rings. The second kappa shape index (κ2) is 28.9. The van der Waals surface area contributed by atoms with E-state index in [0.717, 1.165) is 25.0 Å². The number of amides is 1. The normalized spacial score (nSPS) is 7.08. The van der Waals surface area contributed by atoms with Crippen LogP contribution < -0.4 is 5.32 Å². The summed E-state index contributed by atoms with van der Waals surface area (Å²) in [6.07, 6.45) is 6.26. The third-order valence-corrected chi connectivity index (χ3v) is 1.61. The van der Waals surface area contributed by atoms with E-state index < -0.39 is 5.97 Å². The number of aliphatic hydroxyl groups excluding tert-OH is 1. The van der Waals surface area contributed by atoms with Crippen LogP contribution in [0, 0.1) is 11.3 Å². The molecule has 140 valence electrons. The number of nitriles is 1. The molecular formula is C17H26N2O6. The fraction of sp³-hybridized carbons (Fsp3) is 0.294. The number of hydrogen-bond acceptors (Lipinski definition) is 6. The summed E-state index contributed by atoms with van der Waals surface area (Å²) in [6.45, 7) is 14.7. The lowest BCUT2D eigenvalue weighted by Gasteiger charge is -1.97.